The molecule has 1 fully saturated rings. The fourth-order valence-corrected chi connectivity index (χ4v) is 4.42. The normalized spacial score (nSPS) is 29.7. The zero-order valence-corrected chi connectivity index (χ0v) is 14.5. The fraction of sp³-hybridized carbons (Fsp3) is 1.00. The molecule has 1 saturated carbocycles. The Kier molecular flexibility index (Phi) is 7.78. The van der Waals surface area contributed by atoms with Crippen LogP contribution in [0.2, 0.25) is 0 Å². The first kappa shape index (κ1) is 17.3. The second kappa shape index (κ2) is 8.53. The molecule has 19 heavy (non-hydrogen) atoms. The lowest BCUT2D eigenvalue weighted by atomic mass is 9.70. The molecule has 2 nitrogen and oxygen atoms in total. The van der Waals surface area contributed by atoms with E-state index in [0.29, 0.717) is 5.41 Å². The molecule has 0 aromatic heterocycles. The highest BCUT2D eigenvalue weighted by Crippen LogP contribution is 2.39. The molecular formula is C16H34N2S. The Morgan fingerprint density at radius 1 is 1.37 bits per heavy atom. The maximum Gasteiger partial charge on any atom is 0.0180 e. The zero-order valence-electron chi connectivity index (χ0n) is 13.7. The molecule has 0 aliphatic heterocycles. The SMILES string of the molecule is CCC(CSC)N(C)CC1(CNC)CCC(C)CC1. The summed E-state index contributed by atoms with van der Waals surface area (Å²) in [6, 6.07) is 0.739. The Labute approximate surface area is 125 Å². The Bertz CT molecular complexity index is 237. The van der Waals surface area contributed by atoms with E-state index in [1.54, 1.807) is 0 Å². The zero-order chi connectivity index (χ0) is 14.3. The van der Waals surface area contributed by atoms with Crippen LogP contribution in [0.5, 0.6) is 0 Å². The van der Waals surface area contributed by atoms with Gasteiger partial charge >= 0.3 is 0 Å². The molecule has 0 amide bonds. The highest BCUT2D eigenvalue weighted by molar-refractivity contribution is 7.98. The van der Waals surface area contributed by atoms with Crippen LogP contribution in [-0.2, 0) is 0 Å². The maximum atomic E-state index is 3.46. The van der Waals surface area contributed by atoms with Gasteiger partial charge in [-0.3, -0.25) is 0 Å². The first-order valence-corrected chi connectivity index (χ1v) is 9.30. The highest BCUT2D eigenvalue weighted by Gasteiger charge is 2.35. The van der Waals surface area contributed by atoms with Crippen molar-refractivity contribution in [2.45, 2.75) is 52.0 Å². The third-order valence-electron chi connectivity index (χ3n) is 4.93. The molecule has 1 N–H and O–H groups in total. The fourth-order valence-electron chi connectivity index (χ4n) is 3.55. The van der Waals surface area contributed by atoms with Crippen LogP contribution < -0.4 is 5.32 Å². The van der Waals surface area contributed by atoms with Crippen LogP contribution >= 0.6 is 11.8 Å². The van der Waals surface area contributed by atoms with Gasteiger partial charge in [0.15, 0.2) is 0 Å². The van der Waals surface area contributed by atoms with E-state index in [-0.39, 0.29) is 0 Å². The van der Waals surface area contributed by atoms with Crippen molar-refractivity contribution in [1.82, 2.24) is 10.2 Å². The van der Waals surface area contributed by atoms with Gasteiger partial charge in [0.1, 0.15) is 0 Å². The number of hydrogen-bond donors (Lipinski definition) is 1. The molecule has 0 saturated heterocycles. The van der Waals surface area contributed by atoms with E-state index in [1.165, 1.54) is 50.9 Å². The molecule has 0 bridgehead atoms. The van der Waals surface area contributed by atoms with Gasteiger partial charge in [-0.05, 0) is 50.9 Å². The van der Waals surface area contributed by atoms with Crippen molar-refractivity contribution in [1.29, 1.82) is 0 Å². The van der Waals surface area contributed by atoms with Crippen molar-refractivity contribution in [3.05, 3.63) is 0 Å². The van der Waals surface area contributed by atoms with E-state index in [9.17, 15) is 0 Å². The van der Waals surface area contributed by atoms with Crippen LogP contribution in [0, 0.1) is 11.3 Å². The lowest BCUT2D eigenvalue weighted by Crippen LogP contribution is -2.47. The molecule has 1 aliphatic rings. The Hall–Kier alpha value is 0.270. The maximum absolute atomic E-state index is 3.46. The molecule has 114 valence electrons. The monoisotopic (exact) mass is 286 g/mol. The number of thioether (sulfide) groups is 1. The third kappa shape index (κ3) is 5.28. The van der Waals surface area contributed by atoms with E-state index >= 15 is 0 Å². The van der Waals surface area contributed by atoms with E-state index in [4.69, 9.17) is 0 Å². The predicted octanol–water partition coefficient (Wildman–Crippen LogP) is 3.48. The summed E-state index contributed by atoms with van der Waals surface area (Å²) in [6.45, 7) is 7.18. The van der Waals surface area contributed by atoms with Crippen molar-refractivity contribution >= 4 is 11.8 Å². The third-order valence-corrected chi connectivity index (χ3v) is 5.64. The molecule has 0 aromatic carbocycles. The van der Waals surface area contributed by atoms with Crippen LogP contribution in [-0.4, -0.2) is 50.1 Å². The van der Waals surface area contributed by atoms with Gasteiger partial charge in [0.05, 0.1) is 0 Å². The second-order valence-corrected chi connectivity index (χ2v) is 7.56. The Morgan fingerprint density at radius 3 is 2.47 bits per heavy atom. The molecule has 0 heterocycles. The van der Waals surface area contributed by atoms with Gasteiger partial charge in [0.25, 0.3) is 0 Å². The molecule has 1 aliphatic carbocycles. The first-order valence-electron chi connectivity index (χ1n) is 7.90. The first-order chi connectivity index (χ1) is 9.06. The Morgan fingerprint density at radius 2 is 2.00 bits per heavy atom. The second-order valence-electron chi connectivity index (χ2n) is 6.65. The average molecular weight is 287 g/mol. The van der Waals surface area contributed by atoms with Gasteiger partial charge < -0.3 is 10.2 Å². The molecular weight excluding hydrogens is 252 g/mol. The van der Waals surface area contributed by atoms with Gasteiger partial charge in [-0.25, -0.2) is 0 Å². The summed E-state index contributed by atoms with van der Waals surface area (Å²) in [7, 11) is 4.44. The largest absolute Gasteiger partial charge is 0.319 e. The van der Waals surface area contributed by atoms with Crippen LogP contribution in [0.3, 0.4) is 0 Å². The number of rotatable bonds is 8. The minimum atomic E-state index is 0.516. The minimum absolute atomic E-state index is 0.516. The van der Waals surface area contributed by atoms with Gasteiger partial charge in [0, 0.05) is 24.9 Å². The van der Waals surface area contributed by atoms with Gasteiger partial charge in [-0.15, -0.1) is 0 Å². The summed E-state index contributed by atoms with van der Waals surface area (Å²) < 4.78 is 0. The average Bonchev–Trinajstić information content (AvgIpc) is 2.39. The minimum Gasteiger partial charge on any atom is -0.319 e. The lowest BCUT2D eigenvalue weighted by molar-refractivity contribution is 0.0839. The van der Waals surface area contributed by atoms with E-state index < -0.39 is 0 Å². The number of hydrogen-bond acceptors (Lipinski definition) is 3. The van der Waals surface area contributed by atoms with Crippen LogP contribution in [0.4, 0.5) is 0 Å². The van der Waals surface area contributed by atoms with Crippen molar-refractivity contribution in [2.24, 2.45) is 11.3 Å². The van der Waals surface area contributed by atoms with Crippen LogP contribution in [0.25, 0.3) is 0 Å². The quantitative estimate of drug-likeness (QED) is 0.735. The number of nitrogens with one attached hydrogen (secondary N) is 1. The van der Waals surface area contributed by atoms with Gasteiger partial charge in [0.2, 0.25) is 0 Å². The molecule has 1 rings (SSSR count). The topological polar surface area (TPSA) is 15.3 Å². The Balaban J connectivity index is 2.61. The summed E-state index contributed by atoms with van der Waals surface area (Å²) in [4.78, 5) is 2.63. The summed E-state index contributed by atoms with van der Waals surface area (Å²) in [6.07, 6.45) is 9.11. The number of nitrogens with zero attached hydrogens (tertiary/aromatic N) is 1. The van der Waals surface area contributed by atoms with E-state index in [1.807, 2.05) is 11.8 Å². The van der Waals surface area contributed by atoms with Crippen molar-refractivity contribution in [3.63, 3.8) is 0 Å². The predicted molar refractivity (Wildman–Crippen MR) is 89.1 cm³/mol. The molecule has 3 heteroatoms. The highest BCUT2D eigenvalue weighted by atomic mass is 32.2. The van der Waals surface area contributed by atoms with Crippen molar-refractivity contribution in [2.75, 3.05) is 39.2 Å². The standard InChI is InChI=1S/C16H34N2S/c1-6-15(11-19-5)18(4)13-16(12-17-3)9-7-14(2)8-10-16/h14-15,17H,6-13H2,1-5H3. The van der Waals surface area contributed by atoms with Gasteiger partial charge in [-0.1, -0.05) is 26.7 Å². The summed E-state index contributed by atoms with van der Waals surface area (Å²) in [5, 5.41) is 3.46. The smallest absolute Gasteiger partial charge is 0.0180 e. The van der Waals surface area contributed by atoms with Crippen molar-refractivity contribution < 1.29 is 0 Å². The molecule has 1 unspecified atom stereocenters. The van der Waals surface area contributed by atoms with E-state index in [0.717, 1.165) is 12.0 Å². The lowest BCUT2D eigenvalue weighted by Gasteiger charge is -2.43. The van der Waals surface area contributed by atoms with E-state index in [2.05, 4.69) is 44.4 Å². The summed E-state index contributed by atoms with van der Waals surface area (Å²) in [5.74, 6) is 2.20. The molecule has 0 radical (unpaired) electrons. The molecule has 0 aromatic rings. The van der Waals surface area contributed by atoms with Gasteiger partial charge in [-0.2, -0.15) is 11.8 Å². The molecule has 0 spiro atoms. The molecule has 1 atom stereocenters. The van der Waals surface area contributed by atoms with Crippen LogP contribution in [0.1, 0.15) is 46.0 Å². The summed E-state index contributed by atoms with van der Waals surface area (Å²) in [5.41, 5.74) is 0.516. The van der Waals surface area contributed by atoms with Crippen LogP contribution in [0.15, 0.2) is 0 Å². The summed E-state index contributed by atoms with van der Waals surface area (Å²) >= 11 is 1.98. The van der Waals surface area contributed by atoms with Crippen molar-refractivity contribution in [3.8, 4) is 0 Å².